The zero-order valence-electron chi connectivity index (χ0n) is 9.40. The van der Waals surface area contributed by atoms with Crippen LogP contribution >= 0.6 is 0 Å². The number of fused-ring (bicyclic) bond motifs is 1. The number of aromatic amines is 1. The Bertz CT molecular complexity index is 668. The van der Waals surface area contributed by atoms with Crippen molar-refractivity contribution < 1.29 is 4.42 Å². The number of nitrogens with one attached hydrogen (secondary N) is 1. The highest BCUT2D eigenvalue weighted by Crippen LogP contribution is 2.24. The van der Waals surface area contributed by atoms with Gasteiger partial charge in [-0.15, -0.1) is 0 Å². The van der Waals surface area contributed by atoms with Crippen molar-refractivity contribution >= 4 is 16.9 Å². The summed E-state index contributed by atoms with van der Waals surface area (Å²) in [7, 11) is 0. The molecule has 0 saturated heterocycles. The van der Waals surface area contributed by atoms with Gasteiger partial charge in [-0.3, -0.25) is 5.10 Å². The Morgan fingerprint density at radius 3 is 2.94 bits per heavy atom. The van der Waals surface area contributed by atoms with Crippen molar-refractivity contribution in [3.8, 4) is 11.6 Å². The highest BCUT2D eigenvalue weighted by molar-refractivity contribution is 5.76. The summed E-state index contributed by atoms with van der Waals surface area (Å²) in [5, 5.41) is 6.63. The molecule has 2 aromatic heterocycles. The zero-order chi connectivity index (χ0) is 11.8. The molecule has 0 radical (unpaired) electrons. The molecule has 5 heteroatoms. The van der Waals surface area contributed by atoms with Crippen LogP contribution in [0.1, 0.15) is 12.5 Å². The second kappa shape index (κ2) is 3.62. The van der Waals surface area contributed by atoms with Crippen LogP contribution < -0.4 is 5.73 Å². The van der Waals surface area contributed by atoms with Gasteiger partial charge in [0.1, 0.15) is 17.0 Å². The number of hydrogen-bond donors (Lipinski definition) is 2. The normalized spacial score (nSPS) is 11.1. The van der Waals surface area contributed by atoms with Gasteiger partial charge in [0, 0.05) is 6.07 Å². The predicted octanol–water partition coefficient (Wildman–Crippen LogP) is 2.36. The Morgan fingerprint density at radius 2 is 2.24 bits per heavy atom. The van der Waals surface area contributed by atoms with E-state index in [0.29, 0.717) is 17.4 Å². The van der Waals surface area contributed by atoms with Crippen molar-refractivity contribution in [2.24, 2.45) is 0 Å². The van der Waals surface area contributed by atoms with Crippen molar-refractivity contribution in [2.75, 3.05) is 5.73 Å². The minimum Gasteiger partial charge on any atom is -0.435 e. The lowest BCUT2D eigenvalue weighted by Crippen LogP contribution is -1.81. The average Bonchev–Trinajstić information content (AvgIpc) is 2.93. The number of rotatable bonds is 2. The third-order valence-electron chi connectivity index (χ3n) is 2.69. The lowest BCUT2D eigenvalue weighted by atomic mass is 10.1. The van der Waals surface area contributed by atoms with Gasteiger partial charge in [0.2, 0.25) is 5.89 Å². The quantitative estimate of drug-likeness (QED) is 0.705. The number of hydrogen-bond acceptors (Lipinski definition) is 4. The van der Waals surface area contributed by atoms with Crippen LogP contribution in [0.4, 0.5) is 5.82 Å². The van der Waals surface area contributed by atoms with E-state index in [4.69, 9.17) is 10.2 Å². The second-order valence-corrected chi connectivity index (χ2v) is 3.88. The van der Waals surface area contributed by atoms with Gasteiger partial charge in [-0.05, 0) is 24.1 Å². The van der Waals surface area contributed by atoms with Crippen LogP contribution in [-0.4, -0.2) is 15.2 Å². The first-order chi connectivity index (χ1) is 8.26. The van der Waals surface area contributed by atoms with E-state index in [0.717, 1.165) is 17.5 Å². The smallest absolute Gasteiger partial charge is 0.245 e. The summed E-state index contributed by atoms with van der Waals surface area (Å²) < 4.78 is 5.63. The predicted molar refractivity (Wildman–Crippen MR) is 65.4 cm³/mol. The van der Waals surface area contributed by atoms with E-state index in [9.17, 15) is 0 Å². The van der Waals surface area contributed by atoms with Crippen LogP contribution in [0.15, 0.2) is 28.7 Å². The Morgan fingerprint density at radius 1 is 1.35 bits per heavy atom. The van der Waals surface area contributed by atoms with E-state index in [1.54, 1.807) is 6.07 Å². The topological polar surface area (TPSA) is 80.7 Å². The highest BCUT2D eigenvalue weighted by atomic mass is 16.3. The van der Waals surface area contributed by atoms with Gasteiger partial charge in [-0.25, -0.2) is 4.98 Å². The van der Waals surface area contributed by atoms with Crippen molar-refractivity contribution in [3.05, 3.63) is 29.8 Å². The van der Waals surface area contributed by atoms with E-state index in [1.165, 1.54) is 5.56 Å². The van der Waals surface area contributed by atoms with Crippen LogP contribution in [0, 0.1) is 0 Å². The first-order valence-electron chi connectivity index (χ1n) is 5.47. The minimum absolute atomic E-state index is 0.427. The maximum absolute atomic E-state index is 5.63. The maximum atomic E-state index is 5.63. The van der Waals surface area contributed by atoms with Gasteiger partial charge in [0.05, 0.1) is 0 Å². The summed E-state index contributed by atoms with van der Waals surface area (Å²) in [4.78, 5) is 4.41. The Balaban J connectivity index is 2.13. The van der Waals surface area contributed by atoms with Gasteiger partial charge >= 0.3 is 0 Å². The molecule has 86 valence electrons. The monoisotopic (exact) mass is 228 g/mol. The van der Waals surface area contributed by atoms with Crippen molar-refractivity contribution in [1.29, 1.82) is 0 Å². The molecule has 0 unspecified atom stereocenters. The number of anilines is 1. The molecule has 3 N–H and O–H groups in total. The van der Waals surface area contributed by atoms with Gasteiger partial charge in [0.15, 0.2) is 5.58 Å². The number of oxazole rings is 1. The van der Waals surface area contributed by atoms with E-state index >= 15 is 0 Å². The molecule has 0 spiro atoms. The standard InChI is InChI=1S/C12H12N4O/c1-2-7-3-4-10-8(5-7)14-12(17-10)9-6-11(13)16-15-9/h3-6H,2H2,1H3,(H3,13,15,16). The zero-order valence-corrected chi connectivity index (χ0v) is 9.40. The number of nitrogens with zero attached hydrogens (tertiary/aromatic N) is 2. The molecular weight excluding hydrogens is 216 g/mol. The summed E-state index contributed by atoms with van der Waals surface area (Å²) in [6.45, 7) is 2.11. The molecule has 0 amide bonds. The van der Waals surface area contributed by atoms with Crippen molar-refractivity contribution in [3.63, 3.8) is 0 Å². The van der Waals surface area contributed by atoms with Gasteiger partial charge < -0.3 is 10.2 Å². The molecule has 0 bridgehead atoms. The Hall–Kier alpha value is -2.30. The van der Waals surface area contributed by atoms with Crippen molar-refractivity contribution in [2.45, 2.75) is 13.3 Å². The number of aromatic nitrogens is 3. The fraction of sp³-hybridized carbons (Fsp3) is 0.167. The SMILES string of the molecule is CCc1ccc2oc(-c3cc(N)n[nH]3)nc2c1. The summed E-state index contributed by atoms with van der Waals surface area (Å²) in [5.74, 6) is 0.939. The van der Waals surface area contributed by atoms with E-state index in [1.807, 2.05) is 18.2 Å². The molecule has 3 aromatic rings. The number of nitrogens with two attached hydrogens (primary N) is 1. The second-order valence-electron chi connectivity index (χ2n) is 3.88. The molecule has 3 rings (SSSR count). The fourth-order valence-electron chi connectivity index (χ4n) is 1.75. The Kier molecular flexibility index (Phi) is 2.11. The number of benzene rings is 1. The number of H-pyrrole nitrogens is 1. The fourth-order valence-corrected chi connectivity index (χ4v) is 1.75. The average molecular weight is 228 g/mol. The lowest BCUT2D eigenvalue weighted by molar-refractivity contribution is 0.616. The third-order valence-corrected chi connectivity index (χ3v) is 2.69. The van der Waals surface area contributed by atoms with Gasteiger partial charge in [-0.1, -0.05) is 13.0 Å². The molecule has 0 aliphatic rings. The molecular formula is C12H12N4O. The first kappa shape index (κ1) is 9.89. The molecule has 0 aliphatic heterocycles. The minimum atomic E-state index is 0.427. The van der Waals surface area contributed by atoms with Crippen LogP contribution in [-0.2, 0) is 6.42 Å². The maximum Gasteiger partial charge on any atom is 0.245 e. The molecule has 0 aliphatic carbocycles. The summed E-state index contributed by atoms with van der Waals surface area (Å²) in [6.07, 6.45) is 0.981. The molecule has 5 nitrogen and oxygen atoms in total. The van der Waals surface area contributed by atoms with Crippen LogP contribution in [0.5, 0.6) is 0 Å². The molecule has 1 aromatic carbocycles. The molecule has 0 atom stereocenters. The molecule has 17 heavy (non-hydrogen) atoms. The number of aryl methyl sites for hydroxylation is 1. The van der Waals surface area contributed by atoms with Gasteiger partial charge in [-0.2, -0.15) is 5.10 Å². The lowest BCUT2D eigenvalue weighted by Gasteiger charge is -1.92. The van der Waals surface area contributed by atoms with E-state index < -0.39 is 0 Å². The molecule has 0 fully saturated rings. The van der Waals surface area contributed by atoms with E-state index in [-0.39, 0.29) is 0 Å². The summed E-state index contributed by atoms with van der Waals surface area (Å²) in [5.41, 5.74) is 9.10. The first-order valence-corrected chi connectivity index (χ1v) is 5.47. The van der Waals surface area contributed by atoms with Crippen LogP contribution in [0.3, 0.4) is 0 Å². The van der Waals surface area contributed by atoms with E-state index in [2.05, 4.69) is 22.1 Å². The van der Waals surface area contributed by atoms with Crippen molar-refractivity contribution in [1.82, 2.24) is 15.2 Å². The van der Waals surface area contributed by atoms with Crippen LogP contribution in [0.25, 0.3) is 22.7 Å². The number of nitrogen functional groups attached to an aromatic ring is 1. The summed E-state index contributed by atoms with van der Waals surface area (Å²) in [6, 6.07) is 7.70. The third kappa shape index (κ3) is 1.65. The Labute approximate surface area is 97.7 Å². The van der Waals surface area contributed by atoms with Gasteiger partial charge in [0.25, 0.3) is 0 Å². The highest BCUT2D eigenvalue weighted by Gasteiger charge is 2.10. The molecule has 2 heterocycles. The summed E-state index contributed by atoms with van der Waals surface area (Å²) >= 11 is 0. The van der Waals surface area contributed by atoms with Crippen LogP contribution in [0.2, 0.25) is 0 Å². The largest absolute Gasteiger partial charge is 0.435 e. The molecule has 0 saturated carbocycles.